The number of aromatic nitrogens is 3. The van der Waals surface area contributed by atoms with Crippen molar-refractivity contribution in [3.8, 4) is 0 Å². The Morgan fingerprint density at radius 3 is 3.00 bits per heavy atom. The van der Waals surface area contributed by atoms with E-state index in [1.165, 1.54) is 0 Å². The standard InChI is InChI=1S/C12H16N4O/c1-16(2)12-8-5-6-13-10(8)14-11(15-12)9-4-3-7-17-9/h5-6,9H,3-4,7H2,1-2H3,(H,13,14,15). The minimum absolute atomic E-state index is 0.0569. The Balaban J connectivity index is 2.12. The molecule has 2 aromatic heterocycles. The summed E-state index contributed by atoms with van der Waals surface area (Å²) in [5.41, 5.74) is 0.884. The van der Waals surface area contributed by atoms with Crippen molar-refractivity contribution in [2.75, 3.05) is 25.6 Å². The summed E-state index contributed by atoms with van der Waals surface area (Å²) in [4.78, 5) is 14.3. The molecule has 1 atom stereocenters. The number of hydrogen-bond acceptors (Lipinski definition) is 4. The van der Waals surface area contributed by atoms with Gasteiger partial charge in [0, 0.05) is 26.9 Å². The van der Waals surface area contributed by atoms with Gasteiger partial charge in [-0.1, -0.05) is 0 Å². The summed E-state index contributed by atoms with van der Waals surface area (Å²) in [7, 11) is 3.99. The van der Waals surface area contributed by atoms with Crippen molar-refractivity contribution in [1.82, 2.24) is 15.0 Å². The highest BCUT2D eigenvalue weighted by Crippen LogP contribution is 2.29. The second-order valence-electron chi connectivity index (χ2n) is 4.54. The molecule has 1 aliphatic rings. The third-order valence-corrected chi connectivity index (χ3v) is 3.05. The van der Waals surface area contributed by atoms with E-state index in [0.717, 1.165) is 42.1 Å². The molecule has 5 nitrogen and oxygen atoms in total. The molecule has 5 heteroatoms. The van der Waals surface area contributed by atoms with Gasteiger partial charge >= 0.3 is 0 Å². The van der Waals surface area contributed by atoms with Crippen LogP contribution in [0.4, 0.5) is 5.82 Å². The summed E-state index contributed by atoms with van der Waals surface area (Å²) >= 11 is 0. The van der Waals surface area contributed by atoms with E-state index in [9.17, 15) is 0 Å². The predicted octanol–water partition coefficient (Wildman–Crippen LogP) is 1.88. The van der Waals surface area contributed by atoms with Crippen LogP contribution in [0.25, 0.3) is 11.0 Å². The van der Waals surface area contributed by atoms with E-state index in [0.29, 0.717) is 0 Å². The highest BCUT2D eigenvalue weighted by molar-refractivity contribution is 5.87. The third kappa shape index (κ3) is 1.76. The van der Waals surface area contributed by atoms with Crippen LogP contribution < -0.4 is 4.90 Å². The number of H-pyrrole nitrogens is 1. The molecule has 0 saturated carbocycles. The lowest BCUT2D eigenvalue weighted by Crippen LogP contribution is -2.14. The van der Waals surface area contributed by atoms with E-state index in [1.807, 2.05) is 31.3 Å². The highest BCUT2D eigenvalue weighted by Gasteiger charge is 2.22. The fraction of sp³-hybridized carbons (Fsp3) is 0.500. The summed E-state index contributed by atoms with van der Waals surface area (Å²) in [6.07, 6.45) is 4.06. The molecule has 3 rings (SSSR count). The fourth-order valence-electron chi connectivity index (χ4n) is 2.21. The van der Waals surface area contributed by atoms with E-state index in [1.54, 1.807) is 0 Å². The average molecular weight is 232 g/mol. The number of ether oxygens (including phenoxy) is 1. The molecule has 0 aliphatic carbocycles. The summed E-state index contributed by atoms with van der Waals surface area (Å²) in [5.74, 6) is 1.74. The Bertz CT molecular complexity index is 528. The number of hydrogen-bond donors (Lipinski definition) is 1. The first-order chi connectivity index (χ1) is 8.25. The van der Waals surface area contributed by atoms with Gasteiger partial charge in [-0.25, -0.2) is 9.97 Å². The number of aromatic amines is 1. The van der Waals surface area contributed by atoms with Crippen molar-refractivity contribution in [3.63, 3.8) is 0 Å². The van der Waals surface area contributed by atoms with Crippen LogP contribution in [0, 0.1) is 0 Å². The molecule has 0 radical (unpaired) electrons. The van der Waals surface area contributed by atoms with Crippen LogP contribution in [0.2, 0.25) is 0 Å². The Hall–Kier alpha value is -1.62. The second kappa shape index (κ2) is 4.00. The quantitative estimate of drug-likeness (QED) is 0.859. The molecule has 0 amide bonds. The molecule has 1 unspecified atom stereocenters. The van der Waals surface area contributed by atoms with Crippen LogP contribution in [-0.4, -0.2) is 35.7 Å². The first-order valence-electron chi connectivity index (χ1n) is 5.89. The summed E-state index contributed by atoms with van der Waals surface area (Å²) in [6.45, 7) is 0.814. The van der Waals surface area contributed by atoms with Gasteiger partial charge in [0.05, 0.1) is 5.39 Å². The van der Waals surface area contributed by atoms with Crippen LogP contribution in [0.3, 0.4) is 0 Å². The van der Waals surface area contributed by atoms with Crippen molar-refractivity contribution in [3.05, 3.63) is 18.1 Å². The molecule has 1 aliphatic heterocycles. The van der Waals surface area contributed by atoms with Crippen LogP contribution in [0.5, 0.6) is 0 Å². The molecule has 0 bridgehead atoms. The van der Waals surface area contributed by atoms with Gasteiger partial charge in [-0.3, -0.25) is 0 Å². The maximum atomic E-state index is 5.64. The Morgan fingerprint density at radius 1 is 1.41 bits per heavy atom. The van der Waals surface area contributed by atoms with Crippen LogP contribution in [0.1, 0.15) is 24.8 Å². The maximum absolute atomic E-state index is 5.64. The molecule has 17 heavy (non-hydrogen) atoms. The molecular weight excluding hydrogens is 216 g/mol. The lowest BCUT2D eigenvalue weighted by Gasteiger charge is -2.15. The Labute approximate surface area is 99.8 Å². The molecule has 2 aromatic rings. The Morgan fingerprint density at radius 2 is 2.29 bits per heavy atom. The maximum Gasteiger partial charge on any atom is 0.161 e. The zero-order valence-corrected chi connectivity index (χ0v) is 10.1. The van der Waals surface area contributed by atoms with Gasteiger partial charge in [0.2, 0.25) is 0 Å². The van der Waals surface area contributed by atoms with Gasteiger partial charge in [-0.15, -0.1) is 0 Å². The molecule has 1 N–H and O–H groups in total. The number of nitrogens with one attached hydrogen (secondary N) is 1. The first-order valence-corrected chi connectivity index (χ1v) is 5.89. The molecule has 1 saturated heterocycles. The van der Waals surface area contributed by atoms with Crippen LogP contribution in [-0.2, 0) is 4.74 Å². The van der Waals surface area contributed by atoms with Crippen LogP contribution in [0.15, 0.2) is 12.3 Å². The molecule has 1 fully saturated rings. The van der Waals surface area contributed by atoms with Crippen molar-refractivity contribution >= 4 is 16.9 Å². The number of nitrogens with zero attached hydrogens (tertiary/aromatic N) is 3. The van der Waals surface area contributed by atoms with Crippen molar-refractivity contribution in [2.45, 2.75) is 18.9 Å². The molecule has 90 valence electrons. The van der Waals surface area contributed by atoms with E-state index >= 15 is 0 Å². The normalized spacial score (nSPS) is 20.0. The van der Waals surface area contributed by atoms with Gasteiger partial charge in [0.15, 0.2) is 5.82 Å². The predicted molar refractivity (Wildman–Crippen MR) is 66.1 cm³/mol. The van der Waals surface area contributed by atoms with Crippen molar-refractivity contribution < 1.29 is 4.74 Å². The summed E-state index contributed by atoms with van der Waals surface area (Å²) in [6, 6.07) is 2.00. The van der Waals surface area contributed by atoms with E-state index in [-0.39, 0.29) is 6.10 Å². The monoisotopic (exact) mass is 232 g/mol. The van der Waals surface area contributed by atoms with Gasteiger partial charge < -0.3 is 14.6 Å². The zero-order valence-electron chi connectivity index (χ0n) is 10.1. The number of rotatable bonds is 2. The van der Waals surface area contributed by atoms with E-state index in [2.05, 4.69) is 15.0 Å². The number of fused-ring (bicyclic) bond motifs is 1. The zero-order chi connectivity index (χ0) is 11.8. The summed E-state index contributed by atoms with van der Waals surface area (Å²) < 4.78 is 5.64. The SMILES string of the molecule is CN(C)c1nc(C2CCCO2)nc2[nH]ccc12. The van der Waals surface area contributed by atoms with Crippen LogP contribution >= 0.6 is 0 Å². The van der Waals surface area contributed by atoms with Crippen molar-refractivity contribution in [1.29, 1.82) is 0 Å². The fourth-order valence-corrected chi connectivity index (χ4v) is 2.21. The average Bonchev–Trinajstić information content (AvgIpc) is 2.98. The molecule has 3 heterocycles. The highest BCUT2D eigenvalue weighted by atomic mass is 16.5. The number of anilines is 1. The molecular formula is C12H16N4O. The second-order valence-corrected chi connectivity index (χ2v) is 4.54. The molecule has 0 spiro atoms. The third-order valence-electron chi connectivity index (χ3n) is 3.05. The lowest BCUT2D eigenvalue weighted by molar-refractivity contribution is 0.105. The van der Waals surface area contributed by atoms with E-state index in [4.69, 9.17) is 4.74 Å². The topological polar surface area (TPSA) is 54.0 Å². The largest absolute Gasteiger partial charge is 0.370 e. The van der Waals surface area contributed by atoms with Crippen molar-refractivity contribution in [2.24, 2.45) is 0 Å². The van der Waals surface area contributed by atoms with E-state index < -0.39 is 0 Å². The first kappa shape index (κ1) is 10.5. The smallest absolute Gasteiger partial charge is 0.161 e. The van der Waals surface area contributed by atoms with Gasteiger partial charge in [0.1, 0.15) is 17.6 Å². The lowest BCUT2D eigenvalue weighted by atomic mass is 10.2. The minimum atomic E-state index is 0.0569. The summed E-state index contributed by atoms with van der Waals surface area (Å²) in [5, 5.41) is 1.05. The van der Waals surface area contributed by atoms with Gasteiger partial charge in [-0.2, -0.15) is 0 Å². The van der Waals surface area contributed by atoms with Gasteiger partial charge in [-0.05, 0) is 18.9 Å². The minimum Gasteiger partial charge on any atom is -0.370 e. The Kier molecular flexibility index (Phi) is 2.48. The molecule has 0 aromatic carbocycles. The van der Waals surface area contributed by atoms with Gasteiger partial charge in [0.25, 0.3) is 0 Å².